The standard InChI is InChI=1S/C15H17N3O4S/c1-2-9-23(21,22)10-6-11-4-3-5-12(14(17)19)13(11)15(20)18-8-7-16/h2-5H,1,6,8-10H2,(H2,17,19)(H,18,20). The minimum absolute atomic E-state index is 0.00375. The molecule has 23 heavy (non-hydrogen) atoms. The van der Waals surface area contributed by atoms with Crippen LogP contribution in [0.4, 0.5) is 0 Å². The van der Waals surface area contributed by atoms with Gasteiger partial charge < -0.3 is 11.1 Å². The third kappa shape index (κ3) is 5.23. The first-order chi connectivity index (χ1) is 10.8. The molecule has 0 spiro atoms. The minimum Gasteiger partial charge on any atom is -0.366 e. The molecule has 0 radical (unpaired) electrons. The van der Waals surface area contributed by atoms with Crippen molar-refractivity contribution in [1.29, 1.82) is 5.26 Å². The molecule has 1 aromatic rings. The Morgan fingerprint density at radius 2 is 2.09 bits per heavy atom. The first-order valence-corrected chi connectivity index (χ1v) is 8.52. The molecule has 0 aliphatic heterocycles. The molecule has 1 rings (SSSR count). The van der Waals surface area contributed by atoms with Crippen LogP contribution in [-0.4, -0.2) is 38.3 Å². The van der Waals surface area contributed by atoms with Gasteiger partial charge in [0.15, 0.2) is 9.84 Å². The maximum Gasteiger partial charge on any atom is 0.253 e. The van der Waals surface area contributed by atoms with Crippen LogP contribution >= 0.6 is 0 Å². The number of carbonyl (C=O) groups is 2. The SMILES string of the molecule is C=CCS(=O)(=O)CCc1cccc(C(N)=O)c1C(=O)NCC#N. The van der Waals surface area contributed by atoms with Crippen molar-refractivity contribution in [3.05, 3.63) is 47.5 Å². The van der Waals surface area contributed by atoms with Gasteiger partial charge in [-0.3, -0.25) is 9.59 Å². The molecule has 0 atom stereocenters. The van der Waals surface area contributed by atoms with E-state index in [0.717, 1.165) is 0 Å². The fourth-order valence-electron chi connectivity index (χ4n) is 2.02. The normalized spacial score (nSPS) is 10.6. The molecule has 8 heteroatoms. The Bertz CT molecular complexity index is 763. The zero-order valence-corrected chi connectivity index (χ0v) is 13.2. The average Bonchev–Trinajstić information content (AvgIpc) is 2.50. The molecule has 0 aliphatic carbocycles. The molecule has 0 saturated carbocycles. The third-order valence-electron chi connectivity index (χ3n) is 3.03. The quantitative estimate of drug-likeness (QED) is 0.517. The van der Waals surface area contributed by atoms with E-state index in [1.165, 1.54) is 18.2 Å². The molecule has 7 nitrogen and oxygen atoms in total. The van der Waals surface area contributed by atoms with Crippen molar-refractivity contribution < 1.29 is 18.0 Å². The van der Waals surface area contributed by atoms with Gasteiger partial charge >= 0.3 is 0 Å². The van der Waals surface area contributed by atoms with Crippen LogP contribution in [0.1, 0.15) is 26.3 Å². The van der Waals surface area contributed by atoms with Gasteiger partial charge in [0.25, 0.3) is 5.91 Å². The molecule has 0 unspecified atom stereocenters. The summed E-state index contributed by atoms with van der Waals surface area (Å²) in [5.41, 5.74) is 5.63. The first kappa shape index (κ1) is 18.4. The lowest BCUT2D eigenvalue weighted by Gasteiger charge is -2.12. The second-order valence-electron chi connectivity index (χ2n) is 4.70. The van der Waals surface area contributed by atoms with Gasteiger partial charge in [-0.2, -0.15) is 5.26 Å². The summed E-state index contributed by atoms with van der Waals surface area (Å²) in [6.45, 7) is 3.15. The Morgan fingerprint density at radius 1 is 1.39 bits per heavy atom. The number of aryl methyl sites for hydroxylation is 1. The van der Waals surface area contributed by atoms with Gasteiger partial charge in [0.05, 0.1) is 28.7 Å². The van der Waals surface area contributed by atoms with Crippen molar-refractivity contribution in [3.8, 4) is 6.07 Å². The minimum atomic E-state index is -3.34. The Morgan fingerprint density at radius 3 is 2.65 bits per heavy atom. The summed E-state index contributed by atoms with van der Waals surface area (Å²) < 4.78 is 23.5. The van der Waals surface area contributed by atoms with Crippen molar-refractivity contribution in [2.45, 2.75) is 6.42 Å². The van der Waals surface area contributed by atoms with Crippen LogP contribution in [0.3, 0.4) is 0 Å². The number of primary amides is 1. The molecular formula is C15H17N3O4S. The van der Waals surface area contributed by atoms with Crippen molar-refractivity contribution in [2.24, 2.45) is 5.73 Å². The Balaban J connectivity index is 3.19. The van der Waals surface area contributed by atoms with Gasteiger partial charge in [0, 0.05) is 0 Å². The van der Waals surface area contributed by atoms with E-state index in [9.17, 15) is 18.0 Å². The van der Waals surface area contributed by atoms with Crippen LogP contribution in [0, 0.1) is 11.3 Å². The Kier molecular flexibility index (Phi) is 6.48. The summed E-state index contributed by atoms with van der Waals surface area (Å²) in [5.74, 6) is -1.81. The summed E-state index contributed by atoms with van der Waals surface area (Å²) >= 11 is 0. The molecule has 3 N–H and O–H groups in total. The van der Waals surface area contributed by atoms with E-state index in [4.69, 9.17) is 11.0 Å². The van der Waals surface area contributed by atoms with Crippen LogP contribution in [0.15, 0.2) is 30.9 Å². The number of nitrogens with two attached hydrogens (primary N) is 1. The lowest BCUT2D eigenvalue weighted by atomic mass is 9.98. The van der Waals surface area contributed by atoms with Crippen LogP contribution in [0.2, 0.25) is 0 Å². The fourth-order valence-corrected chi connectivity index (χ4v) is 3.08. The van der Waals surface area contributed by atoms with E-state index in [2.05, 4.69) is 11.9 Å². The van der Waals surface area contributed by atoms with Crippen LogP contribution in [0.5, 0.6) is 0 Å². The molecule has 0 aromatic heterocycles. The summed E-state index contributed by atoms with van der Waals surface area (Å²) in [4.78, 5) is 23.7. The van der Waals surface area contributed by atoms with E-state index < -0.39 is 21.7 Å². The highest BCUT2D eigenvalue weighted by molar-refractivity contribution is 7.91. The molecule has 2 amide bonds. The van der Waals surface area contributed by atoms with E-state index in [1.54, 1.807) is 12.1 Å². The Hall–Kier alpha value is -2.66. The van der Waals surface area contributed by atoms with Crippen LogP contribution in [-0.2, 0) is 16.3 Å². The third-order valence-corrected chi connectivity index (χ3v) is 4.60. The second kappa shape index (κ2) is 8.10. The fraction of sp³-hybridized carbons (Fsp3) is 0.267. The van der Waals surface area contributed by atoms with Crippen molar-refractivity contribution >= 4 is 21.7 Å². The van der Waals surface area contributed by atoms with Gasteiger partial charge in [-0.25, -0.2) is 8.42 Å². The highest BCUT2D eigenvalue weighted by Gasteiger charge is 2.20. The number of carbonyl (C=O) groups excluding carboxylic acids is 2. The zero-order valence-electron chi connectivity index (χ0n) is 12.4. The predicted molar refractivity (Wildman–Crippen MR) is 85.5 cm³/mol. The number of nitrogens with zero attached hydrogens (tertiary/aromatic N) is 1. The zero-order chi connectivity index (χ0) is 17.5. The maximum atomic E-state index is 12.2. The van der Waals surface area contributed by atoms with Crippen LogP contribution < -0.4 is 11.1 Å². The first-order valence-electron chi connectivity index (χ1n) is 6.70. The van der Waals surface area contributed by atoms with Gasteiger partial charge in [-0.1, -0.05) is 18.2 Å². The topological polar surface area (TPSA) is 130 Å². The molecule has 0 heterocycles. The van der Waals surface area contributed by atoms with Gasteiger partial charge in [-0.15, -0.1) is 6.58 Å². The molecule has 0 saturated heterocycles. The van der Waals surface area contributed by atoms with Crippen LogP contribution in [0.25, 0.3) is 0 Å². The largest absolute Gasteiger partial charge is 0.366 e. The number of amides is 2. The number of benzene rings is 1. The summed E-state index contributed by atoms with van der Waals surface area (Å²) in [6, 6.07) is 6.21. The second-order valence-corrected chi connectivity index (χ2v) is 6.93. The number of sulfone groups is 1. The molecule has 1 aromatic carbocycles. The van der Waals surface area contributed by atoms with Gasteiger partial charge in [0.2, 0.25) is 5.91 Å². The van der Waals surface area contributed by atoms with E-state index in [0.29, 0.717) is 5.56 Å². The number of hydrogen-bond donors (Lipinski definition) is 2. The predicted octanol–water partition coefficient (Wildman–Crippen LogP) is 0.182. The summed E-state index contributed by atoms with van der Waals surface area (Å²) in [7, 11) is -3.34. The van der Waals surface area contributed by atoms with Crippen molar-refractivity contribution in [2.75, 3.05) is 18.1 Å². The smallest absolute Gasteiger partial charge is 0.253 e. The summed E-state index contributed by atoms with van der Waals surface area (Å²) in [6.07, 6.45) is 1.34. The van der Waals surface area contributed by atoms with Crippen molar-refractivity contribution in [3.63, 3.8) is 0 Å². The van der Waals surface area contributed by atoms with Gasteiger partial charge in [0.1, 0.15) is 6.54 Å². The molecule has 0 fully saturated rings. The highest BCUT2D eigenvalue weighted by Crippen LogP contribution is 2.16. The monoisotopic (exact) mass is 335 g/mol. The summed E-state index contributed by atoms with van der Waals surface area (Å²) in [5, 5.41) is 10.9. The number of rotatable bonds is 8. The molecule has 122 valence electrons. The lowest BCUT2D eigenvalue weighted by Crippen LogP contribution is -2.29. The molecule has 0 bridgehead atoms. The molecular weight excluding hydrogens is 318 g/mol. The highest BCUT2D eigenvalue weighted by atomic mass is 32.2. The number of nitriles is 1. The van der Waals surface area contributed by atoms with Crippen molar-refractivity contribution in [1.82, 2.24) is 5.32 Å². The van der Waals surface area contributed by atoms with Gasteiger partial charge in [-0.05, 0) is 18.1 Å². The molecule has 0 aliphatic rings. The lowest BCUT2D eigenvalue weighted by molar-refractivity contribution is 0.0939. The van der Waals surface area contributed by atoms with E-state index in [-0.39, 0.29) is 35.6 Å². The maximum absolute atomic E-state index is 12.2. The Labute approximate surface area is 134 Å². The number of nitrogens with one attached hydrogen (secondary N) is 1. The van der Waals surface area contributed by atoms with E-state index in [1.807, 2.05) is 0 Å². The average molecular weight is 335 g/mol. The number of hydrogen-bond acceptors (Lipinski definition) is 5. The van der Waals surface area contributed by atoms with E-state index >= 15 is 0 Å².